The number of hydrogen-bond acceptors (Lipinski definition) is 4. The van der Waals surface area contributed by atoms with Crippen molar-refractivity contribution in [3.8, 4) is 0 Å². The lowest BCUT2D eigenvalue weighted by molar-refractivity contribution is -0.0843. The van der Waals surface area contributed by atoms with Gasteiger partial charge in [0, 0.05) is 19.6 Å². The molecule has 0 bridgehead atoms. The van der Waals surface area contributed by atoms with Crippen molar-refractivity contribution in [1.82, 2.24) is 4.90 Å². The third kappa shape index (κ3) is 5.25. The molecule has 1 rings (SSSR count). The van der Waals surface area contributed by atoms with Gasteiger partial charge in [-0.15, -0.1) is 0 Å². The van der Waals surface area contributed by atoms with Crippen molar-refractivity contribution in [2.45, 2.75) is 52.1 Å². The molecule has 0 radical (unpaired) electrons. The normalized spacial score (nSPS) is 29.6. The predicted octanol–water partition coefficient (Wildman–Crippen LogP) is 0.881. The van der Waals surface area contributed by atoms with E-state index in [-0.39, 0.29) is 18.3 Å². The quantitative estimate of drug-likeness (QED) is 0.763. The van der Waals surface area contributed by atoms with E-state index in [4.69, 9.17) is 9.47 Å². The zero-order valence-electron chi connectivity index (χ0n) is 10.8. The summed E-state index contributed by atoms with van der Waals surface area (Å²) in [5.41, 5.74) is 0. The van der Waals surface area contributed by atoms with Crippen LogP contribution in [-0.2, 0) is 9.47 Å². The molecule has 0 saturated carbocycles. The van der Waals surface area contributed by atoms with Crippen LogP contribution in [0, 0.1) is 0 Å². The van der Waals surface area contributed by atoms with Gasteiger partial charge in [0.05, 0.1) is 31.0 Å². The highest BCUT2D eigenvalue weighted by Crippen LogP contribution is 2.11. The Morgan fingerprint density at radius 2 is 1.88 bits per heavy atom. The molecule has 1 aliphatic heterocycles. The lowest BCUT2D eigenvalue weighted by atomic mass is 10.2. The second-order valence-electron chi connectivity index (χ2n) is 5.01. The summed E-state index contributed by atoms with van der Waals surface area (Å²) in [5.74, 6) is 0. The molecule has 3 unspecified atom stereocenters. The Morgan fingerprint density at radius 3 is 2.38 bits per heavy atom. The van der Waals surface area contributed by atoms with Crippen molar-refractivity contribution in [1.29, 1.82) is 0 Å². The van der Waals surface area contributed by atoms with E-state index in [9.17, 15) is 5.11 Å². The number of aliphatic hydroxyl groups is 1. The number of nitrogens with zero attached hydrogens (tertiary/aromatic N) is 1. The van der Waals surface area contributed by atoms with E-state index in [0.29, 0.717) is 13.2 Å². The summed E-state index contributed by atoms with van der Waals surface area (Å²) in [4.78, 5) is 2.24. The van der Waals surface area contributed by atoms with Crippen molar-refractivity contribution in [2.24, 2.45) is 0 Å². The molecule has 3 atom stereocenters. The van der Waals surface area contributed by atoms with Crippen LogP contribution in [0.15, 0.2) is 0 Å². The molecule has 0 aliphatic carbocycles. The minimum Gasteiger partial charge on any atom is -0.389 e. The molecule has 1 aliphatic rings. The standard InChI is InChI=1S/C12H25NO3/c1-9(2)15-8-12(14)7-13-5-10(3)16-11(4)6-13/h9-12,14H,5-8H2,1-4H3. The highest BCUT2D eigenvalue weighted by atomic mass is 16.5. The smallest absolute Gasteiger partial charge is 0.0900 e. The molecular formula is C12H25NO3. The molecule has 16 heavy (non-hydrogen) atoms. The number of ether oxygens (including phenoxy) is 2. The van der Waals surface area contributed by atoms with Crippen LogP contribution < -0.4 is 0 Å². The summed E-state index contributed by atoms with van der Waals surface area (Å²) in [5, 5.41) is 9.82. The third-order valence-electron chi connectivity index (χ3n) is 2.59. The molecule has 4 nitrogen and oxygen atoms in total. The number of rotatable bonds is 5. The average Bonchev–Trinajstić information content (AvgIpc) is 2.12. The maximum Gasteiger partial charge on any atom is 0.0900 e. The van der Waals surface area contributed by atoms with E-state index in [1.807, 2.05) is 13.8 Å². The van der Waals surface area contributed by atoms with E-state index < -0.39 is 6.10 Å². The molecule has 1 heterocycles. The molecular weight excluding hydrogens is 206 g/mol. The lowest BCUT2D eigenvalue weighted by Crippen LogP contribution is -2.48. The van der Waals surface area contributed by atoms with E-state index in [1.165, 1.54) is 0 Å². The van der Waals surface area contributed by atoms with Crippen LogP contribution >= 0.6 is 0 Å². The number of morpholine rings is 1. The van der Waals surface area contributed by atoms with Gasteiger partial charge in [0.2, 0.25) is 0 Å². The Kier molecular flexibility index (Phi) is 5.69. The molecule has 0 aromatic heterocycles. The van der Waals surface area contributed by atoms with Gasteiger partial charge in [0.1, 0.15) is 0 Å². The zero-order chi connectivity index (χ0) is 12.1. The molecule has 0 aromatic rings. The Hall–Kier alpha value is -0.160. The van der Waals surface area contributed by atoms with Crippen molar-refractivity contribution >= 4 is 0 Å². The maximum absolute atomic E-state index is 9.82. The molecule has 0 aromatic carbocycles. The first kappa shape index (κ1) is 13.9. The molecule has 96 valence electrons. The second-order valence-corrected chi connectivity index (χ2v) is 5.01. The first-order valence-corrected chi connectivity index (χ1v) is 6.15. The molecule has 1 fully saturated rings. The van der Waals surface area contributed by atoms with Crippen LogP contribution in [0.4, 0.5) is 0 Å². The summed E-state index contributed by atoms with van der Waals surface area (Å²) in [7, 11) is 0. The van der Waals surface area contributed by atoms with Crippen molar-refractivity contribution < 1.29 is 14.6 Å². The van der Waals surface area contributed by atoms with Gasteiger partial charge in [-0.1, -0.05) is 0 Å². The SMILES string of the molecule is CC(C)OCC(O)CN1CC(C)OC(C)C1. The Morgan fingerprint density at radius 1 is 1.31 bits per heavy atom. The van der Waals surface area contributed by atoms with Crippen LogP contribution in [-0.4, -0.2) is 60.7 Å². The number of aliphatic hydroxyl groups excluding tert-OH is 1. The van der Waals surface area contributed by atoms with E-state index >= 15 is 0 Å². The first-order valence-electron chi connectivity index (χ1n) is 6.15. The Bertz CT molecular complexity index is 189. The van der Waals surface area contributed by atoms with Crippen LogP contribution in [0.5, 0.6) is 0 Å². The minimum atomic E-state index is -0.403. The second kappa shape index (κ2) is 6.55. The van der Waals surface area contributed by atoms with Crippen LogP contribution in [0.25, 0.3) is 0 Å². The van der Waals surface area contributed by atoms with Gasteiger partial charge in [-0.2, -0.15) is 0 Å². The largest absolute Gasteiger partial charge is 0.389 e. The minimum absolute atomic E-state index is 0.178. The molecule has 1 N–H and O–H groups in total. The van der Waals surface area contributed by atoms with Crippen molar-refractivity contribution in [3.05, 3.63) is 0 Å². The number of hydrogen-bond donors (Lipinski definition) is 1. The number of β-amino-alcohol motifs (C(OH)–C–C–N with tert-alkyl or cyclic N) is 1. The predicted molar refractivity (Wildman–Crippen MR) is 63.5 cm³/mol. The molecule has 0 spiro atoms. The summed E-state index contributed by atoms with van der Waals surface area (Å²) in [6.45, 7) is 11.0. The van der Waals surface area contributed by atoms with Crippen LogP contribution in [0.1, 0.15) is 27.7 Å². The van der Waals surface area contributed by atoms with Crippen LogP contribution in [0.2, 0.25) is 0 Å². The Labute approximate surface area is 98.5 Å². The van der Waals surface area contributed by atoms with Crippen LogP contribution in [0.3, 0.4) is 0 Å². The Balaban J connectivity index is 2.24. The maximum atomic E-state index is 9.82. The van der Waals surface area contributed by atoms with Crippen molar-refractivity contribution in [3.63, 3.8) is 0 Å². The summed E-state index contributed by atoms with van der Waals surface area (Å²) >= 11 is 0. The van der Waals surface area contributed by atoms with Gasteiger partial charge < -0.3 is 14.6 Å². The molecule has 4 heteroatoms. The van der Waals surface area contributed by atoms with Gasteiger partial charge >= 0.3 is 0 Å². The molecule has 0 amide bonds. The molecule has 1 saturated heterocycles. The summed E-state index contributed by atoms with van der Waals surface area (Å²) in [6, 6.07) is 0. The van der Waals surface area contributed by atoms with E-state index in [1.54, 1.807) is 0 Å². The van der Waals surface area contributed by atoms with Gasteiger partial charge in [-0.05, 0) is 27.7 Å². The topological polar surface area (TPSA) is 41.9 Å². The van der Waals surface area contributed by atoms with E-state index in [2.05, 4.69) is 18.7 Å². The fourth-order valence-electron chi connectivity index (χ4n) is 2.09. The van der Waals surface area contributed by atoms with Gasteiger partial charge in [0.15, 0.2) is 0 Å². The van der Waals surface area contributed by atoms with Gasteiger partial charge in [-0.3, -0.25) is 4.90 Å². The average molecular weight is 231 g/mol. The zero-order valence-corrected chi connectivity index (χ0v) is 10.8. The monoisotopic (exact) mass is 231 g/mol. The van der Waals surface area contributed by atoms with E-state index in [0.717, 1.165) is 13.1 Å². The first-order chi connectivity index (χ1) is 7.47. The fourth-order valence-corrected chi connectivity index (χ4v) is 2.09. The fraction of sp³-hybridized carbons (Fsp3) is 1.00. The summed E-state index contributed by atoms with van der Waals surface area (Å²) in [6.07, 6.45) is 0.279. The van der Waals surface area contributed by atoms with Gasteiger partial charge in [-0.25, -0.2) is 0 Å². The highest BCUT2D eigenvalue weighted by molar-refractivity contribution is 4.75. The lowest BCUT2D eigenvalue weighted by Gasteiger charge is -2.36. The summed E-state index contributed by atoms with van der Waals surface area (Å²) < 4.78 is 11.0. The van der Waals surface area contributed by atoms with Crippen molar-refractivity contribution in [2.75, 3.05) is 26.2 Å². The highest BCUT2D eigenvalue weighted by Gasteiger charge is 2.23. The van der Waals surface area contributed by atoms with Gasteiger partial charge in [0.25, 0.3) is 0 Å². The third-order valence-corrected chi connectivity index (χ3v) is 2.59.